The van der Waals surface area contributed by atoms with Gasteiger partial charge in [-0.15, -0.1) is 0 Å². The highest BCUT2D eigenvalue weighted by molar-refractivity contribution is 7.98. The van der Waals surface area contributed by atoms with Crippen molar-refractivity contribution in [2.45, 2.75) is 26.0 Å². The second-order valence-corrected chi connectivity index (χ2v) is 4.91. The van der Waals surface area contributed by atoms with E-state index >= 15 is 0 Å². The van der Waals surface area contributed by atoms with Crippen molar-refractivity contribution in [2.75, 3.05) is 18.6 Å². The van der Waals surface area contributed by atoms with Gasteiger partial charge in [-0.2, -0.15) is 11.8 Å². The Morgan fingerprint density at radius 1 is 1.44 bits per heavy atom. The highest BCUT2D eigenvalue weighted by Crippen LogP contribution is 2.14. The van der Waals surface area contributed by atoms with Crippen molar-refractivity contribution in [3.05, 3.63) is 35.4 Å². The summed E-state index contributed by atoms with van der Waals surface area (Å²) >= 11 is 1.88. The van der Waals surface area contributed by atoms with Crippen molar-refractivity contribution in [1.29, 1.82) is 0 Å². The van der Waals surface area contributed by atoms with E-state index in [1.165, 1.54) is 17.7 Å². The summed E-state index contributed by atoms with van der Waals surface area (Å²) in [6, 6.07) is 8.47. The Kier molecular flexibility index (Phi) is 6.53. The van der Waals surface area contributed by atoms with Gasteiger partial charge in [-0.3, -0.25) is 0 Å². The van der Waals surface area contributed by atoms with Gasteiger partial charge in [-0.1, -0.05) is 24.3 Å². The molecule has 0 radical (unpaired) electrons. The molecule has 0 aliphatic carbocycles. The summed E-state index contributed by atoms with van der Waals surface area (Å²) in [5.74, 6) is 1.20. The van der Waals surface area contributed by atoms with E-state index in [1.54, 1.807) is 0 Å². The number of aliphatic hydroxyl groups is 1. The molecule has 0 saturated heterocycles. The quantitative estimate of drug-likeness (QED) is 0.717. The molecule has 0 heterocycles. The first-order valence-electron chi connectivity index (χ1n) is 5.70. The molecule has 0 aliphatic heterocycles. The zero-order chi connectivity index (χ0) is 11.8. The van der Waals surface area contributed by atoms with E-state index in [0.717, 1.165) is 12.1 Å². The van der Waals surface area contributed by atoms with Crippen molar-refractivity contribution in [2.24, 2.45) is 0 Å². The van der Waals surface area contributed by atoms with Gasteiger partial charge in [0.1, 0.15) is 0 Å². The van der Waals surface area contributed by atoms with Crippen molar-refractivity contribution in [3.8, 4) is 0 Å². The molecular weight excluding hydrogens is 218 g/mol. The summed E-state index contributed by atoms with van der Waals surface area (Å²) in [6.45, 7) is 3.33. The Balaban J connectivity index is 2.42. The predicted molar refractivity (Wildman–Crippen MR) is 71.8 cm³/mol. The Labute approximate surface area is 102 Å². The van der Waals surface area contributed by atoms with Crippen molar-refractivity contribution in [3.63, 3.8) is 0 Å². The molecule has 2 nitrogen and oxygen atoms in total. The average molecular weight is 239 g/mol. The van der Waals surface area contributed by atoms with Crippen LogP contribution in [0.2, 0.25) is 0 Å². The smallest absolute Gasteiger partial charge is 0.0681 e. The van der Waals surface area contributed by atoms with Crippen LogP contribution in [0, 0.1) is 0 Å². The van der Waals surface area contributed by atoms with Crippen LogP contribution >= 0.6 is 11.8 Å². The SMILES string of the molecule is CSCCCNC(C)c1cccc(CO)c1. The molecule has 1 unspecified atom stereocenters. The normalized spacial score (nSPS) is 12.7. The zero-order valence-electron chi connectivity index (χ0n) is 10.1. The predicted octanol–water partition coefficient (Wildman–Crippen LogP) is 2.58. The van der Waals surface area contributed by atoms with Crippen LogP contribution in [-0.4, -0.2) is 23.7 Å². The Bertz CT molecular complexity index is 304. The van der Waals surface area contributed by atoms with Crippen LogP contribution < -0.4 is 5.32 Å². The molecule has 1 aromatic carbocycles. The summed E-state index contributed by atoms with van der Waals surface area (Å²) in [7, 11) is 0. The second kappa shape index (κ2) is 7.71. The summed E-state index contributed by atoms with van der Waals surface area (Å²) in [5.41, 5.74) is 2.23. The fourth-order valence-electron chi connectivity index (χ4n) is 1.61. The topological polar surface area (TPSA) is 32.3 Å². The molecule has 90 valence electrons. The van der Waals surface area contributed by atoms with E-state index in [0.29, 0.717) is 6.04 Å². The summed E-state index contributed by atoms with van der Waals surface area (Å²) in [6.07, 6.45) is 3.33. The van der Waals surface area contributed by atoms with Crippen LogP contribution in [0.25, 0.3) is 0 Å². The van der Waals surface area contributed by atoms with Gasteiger partial charge in [0, 0.05) is 6.04 Å². The fraction of sp³-hybridized carbons (Fsp3) is 0.538. The number of hydrogen-bond donors (Lipinski definition) is 2. The van der Waals surface area contributed by atoms with Gasteiger partial charge in [-0.05, 0) is 43.0 Å². The molecule has 1 atom stereocenters. The van der Waals surface area contributed by atoms with E-state index in [1.807, 2.05) is 23.9 Å². The van der Waals surface area contributed by atoms with E-state index in [2.05, 4.69) is 30.6 Å². The fourth-order valence-corrected chi connectivity index (χ4v) is 2.05. The number of rotatable bonds is 7. The Hall–Kier alpha value is -0.510. The molecular formula is C13H21NOS. The first-order valence-corrected chi connectivity index (χ1v) is 7.09. The molecule has 0 bridgehead atoms. The molecule has 16 heavy (non-hydrogen) atoms. The lowest BCUT2D eigenvalue weighted by molar-refractivity contribution is 0.281. The molecule has 3 heteroatoms. The third-order valence-electron chi connectivity index (χ3n) is 2.61. The number of hydrogen-bond acceptors (Lipinski definition) is 3. The molecule has 0 aromatic heterocycles. The van der Waals surface area contributed by atoms with Crippen LogP contribution in [0.15, 0.2) is 24.3 Å². The van der Waals surface area contributed by atoms with Gasteiger partial charge < -0.3 is 10.4 Å². The van der Waals surface area contributed by atoms with Crippen LogP contribution in [0.3, 0.4) is 0 Å². The number of nitrogens with one attached hydrogen (secondary N) is 1. The van der Waals surface area contributed by atoms with E-state index in [9.17, 15) is 0 Å². The molecule has 0 aliphatic rings. The minimum absolute atomic E-state index is 0.118. The van der Waals surface area contributed by atoms with Crippen LogP contribution in [0.1, 0.15) is 30.5 Å². The second-order valence-electron chi connectivity index (χ2n) is 3.93. The molecule has 0 fully saturated rings. The van der Waals surface area contributed by atoms with Gasteiger partial charge in [-0.25, -0.2) is 0 Å². The highest BCUT2D eigenvalue weighted by Gasteiger charge is 2.04. The van der Waals surface area contributed by atoms with Crippen molar-refractivity contribution >= 4 is 11.8 Å². The van der Waals surface area contributed by atoms with Crippen LogP contribution in [0.5, 0.6) is 0 Å². The van der Waals surface area contributed by atoms with Gasteiger partial charge in [0.15, 0.2) is 0 Å². The van der Waals surface area contributed by atoms with E-state index in [4.69, 9.17) is 5.11 Å². The maximum absolute atomic E-state index is 9.07. The van der Waals surface area contributed by atoms with Gasteiger partial charge in [0.2, 0.25) is 0 Å². The number of thioether (sulfide) groups is 1. The van der Waals surface area contributed by atoms with E-state index in [-0.39, 0.29) is 6.61 Å². The molecule has 2 N–H and O–H groups in total. The molecule has 1 rings (SSSR count). The van der Waals surface area contributed by atoms with E-state index < -0.39 is 0 Å². The largest absolute Gasteiger partial charge is 0.392 e. The van der Waals surface area contributed by atoms with Crippen LogP contribution in [-0.2, 0) is 6.61 Å². The molecule has 0 saturated carbocycles. The van der Waals surface area contributed by atoms with Gasteiger partial charge in [0.05, 0.1) is 6.61 Å². The van der Waals surface area contributed by atoms with Crippen LogP contribution in [0.4, 0.5) is 0 Å². The summed E-state index contributed by atoms with van der Waals surface area (Å²) < 4.78 is 0. The van der Waals surface area contributed by atoms with Crippen molar-refractivity contribution in [1.82, 2.24) is 5.32 Å². The maximum atomic E-state index is 9.07. The zero-order valence-corrected chi connectivity index (χ0v) is 10.9. The first-order chi connectivity index (χ1) is 7.77. The lowest BCUT2D eigenvalue weighted by atomic mass is 10.1. The van der Waals surface area contributed by atoms with Gasteiger partial charge >= 0.3 is 0 Å². The monoisotopic (exact) mass is 239 g/mol. The lowest BCUT2D eigenvalue weighted by Gasteiger charge is -2.14. The highest BCUT2D eigenvalue weighted by atomic mass is 32.2. The average Bonchev–Trinajstić information content (AvgIpc) is 2.34. The maximum Gasteiger partial charge on any atom is 0.0681 e. The molecule has 1 aromatic rings. The lowest BCUT2D eigenvalue weighted by Crippen LogP contribution is -2.20. The minimum atomic E-state index is 0.118. The Morgan fingerprint density at radius 2 is 2.25 bits per heavy atom. The number of aliphatic hydroxyl groups excluding tert-OH is 1. The summed E-state index contributed by atoms with van der Waals surface area (Å²) in [5, 5.41) is 12.6. The minimum Gasteiger partial charge on any atom is -0.392 e. The molecule has 0 spiro atoms. The Morgan fingerprint density at radius 3 is 2.94 bits per heavy atom. The third kappa shape index (κ3) is 4.56. The first kappa shape index (κ1) is 13.6. The number of benzene rings is 1. The standard InChI is InChI=1S/C13H21NOS/c1-11(14-7-4-8-16-2)13-6-3-5-12(9-13)10-15/h3,5-6,9,11,14-15H,4,7-8,10H2,1-2H3. The summed E-state index contributed by atoms with van der Waals surface area (Å²) in [4.78, 5) is 0. The van der Waals surface area contributed by atoms with Crippen molar-refractivity contribution < 1.29 is 5.11 Å². The molecule has 0 amide bonds. The van der Waals surface area contributed by atoms with Gasteiger partial charge in [0.25, 0.3) is 0 Å². The third-order valence-corrected chi connectivity index (χ3v) is 3.31.